The van der Waals surface area contributed by atoms with Crippen molar-refractivity contribution in [3.8, 4) is 0 Å². The molecule has 0 heterocycles. The predicted molar refractivity (Wildman–Crippen MR) is 62.3 cm³/mol. The summed E-state index contributed by atoms with van der Waals surface area (Å²) in [6.45, 7) is 1.11. The molecule has 0 aromatic heterocycles. The second-order valence-corrected chi connectivity index (χ2v) is 4.32. The van der Waals surface area contributed by atoms with Gasteiger partial charge >= 0.3 is 0 Å². The molecular formula is C11H16FNOS. The molecule has 84 valence electrons. The van der Waals surface area contributed by atoms with Crippen LogP contribution in [0, 0.1) is 5.82 Å². The molecule has 4 heteroatoms. The van der Waals surface area contributed by atoms with Crippen LogP contribution in [0.2, 0.25) is 0 Å². The highest BCUT2D eigenvalue weighted by atomic mass is 32.2. The minimum atomic E-state index is -0.208. The predicted octanol–water partition coefficient (Wildman–Crippen LogP) is 2.16. The molecule has 0 amide bonds. The Morgan fingerprint density at radius 3 is 2.73 bits per heavy atom. The number of hydrogen-bond donors (Lipinski definition) is 1. The number of methoxy groups -OCH3 is 1. The number of ether oxygens (including phenoxy) is 1. The summed E-state index contributed by atoms with van der Waals surface area (Å²) in [5, 5.41) is 0. The van der Waals surface area contributed by atoms with Crippen molar-refractivity contribution in [1.82, 2.24) is 0 Å². The van der Waals surface area contributed by atoms with E-state index in [9.17, 15) is 4.39 Å². The lowest BCUT2D eigenvalue weighted by Gasteiger charge is -2.04. The molecule has 1 rings (SSSR count). The molecule has 0 saturated carbocycles. The van der Waals surface area contributed by atoms with Crippen LogP contribution in [0.25, 0.3) is 0 Å². The van der Waals surface area contributed by atoms with E-state index < -0.39 is 0 Å². The largest absolute Gasteiger partial charge is 0.384 e. The first-order valence-electron chi connectivity index (χ1n) is 4.81. The van der Waals surface area contributed by atoms with Gasteiger partial charge < -0.3 is 10.5 Å². The van der Waals surface area contributed by atoms with Gasteiger partial charge in [-0.2, -0.15) is 11.8 Å². The van der Waals surface area contributed by atoms with Crippen LogP contribution in [0.3, 0.4) is 0 Å². The fourth-order valence-electron chi connectivity index (χ4n) is 1.25. The van der Waals surface area contributed by atoms with Crippen molar-refractivity contribution in [2.75, 3.05) is 19.5 Å². The fraction of sp³-hybridized carbons (Fsp3) is 0.455. The van der Waals surface area contributed by atoms with Crippen LogP contribution in [0.1, 0.15) is 11.1 Å². The van der Waals surface area contributed by atoms with Crippen LogP contribution in [0.5, 0.6) is 0 Å². The summed E-state index contributed by atoms with van der Waals surface area (Å²) in [4.78, 5) is 0. The SMILES string of the molecule is COCCSCc1cc(F)cc(CN)c1. The summed E-state index contributed by atoms with van der Waals surface area (Å²) in [6.07, 6.45) is 0. The van der Waals surface area contributed by atoms with Crippen LogP contribution in [-0.2, 0) is 17.0 Å². The average molecular weight is 229 g/mol. The maximum Gasteiger partial charge on any atom is 0.123 e. The molecule has 0 atom stereocenters. The van der Waals surface area contributed by atoms with Gasteiger partial charge in [0.25, 0.3) is 0 Å². The monoisotopic (exact) mass is 229 g/mol. The third-order valence-electron chi connectivity index (χ3n) is 1.95. The molecule has 0 aliphatic rings. The highest BCUT2D eigenvalue weighted by molar-refractivity contribution is 7.98. The summed E-state index contributed by atoms with van der Waals surface area (Å²) in [6, 6.07) is 4.98. The molecule has 0 radical (unpaired) electrons. The van der Waals surface area contributed by atoms with Crippen LogP contribution >= 0.6 is 11.8 Å². The maximum atomic E-state index is 13.1. The molecule has 1 aromatic rings. The first-order valence-corrected chi connectivity index (χ1v) is 5.97. The summed E-state index contributed by atoms with van der Waals surface area (Å²) in [5.41, 5.74) is 7.30. The Balaban J connectivity index is 2.49. The van der Waals surface area contributed by atoms with Gasteiger partial charge in [-0.15, -0.1) is 0 Å². The topological polar surface area (TPSA) is 35.2 Å². The van der Waals surface area contributed by atoms with E-state index in [1.807, 2.05) is 6.07 Å². The van der Waals surface area contributed by atoms with Gasteiger partial charge in [0.2, 0.25) is 0 Å². The average Bonchev–Trinajstić information content (AvgIpc) is 2.23. The van der Waals surface area contributed by atoms with E-state index in [1.54, 1.807) is 24.9 Å². The number of hydrogen-bond acceptors (Lipinski definition) is 3. The van der Waals surface area contributed by atoms with E-state index in [1.165, 1.54) is 6.07 Å². The molecule has 2 nitrogen and oxygen atoms in total. The van der Waals surface area contributed by atoms with Crippen molar-refractivity contribution < 1.29 is 9.13 Å². The molecule has 15 heavy (non-hydrogen) atoms. The van der Waals surface area contributed by atoms with Crippen LogP contribution in [0.15, 0.2) is 18.2 Å². The number of nitrogens with two attached hydrogens (primary N) is 1. The zero-order valence-electron chi connectivity index (χ0n) is 8.83. The van der Waals surface area contributed by atoms with E-state index in [0.29, 0.717) is 6.54 Å². The Morgan fingerprint density at radius 2 is 2.07 bits per heavy atom. The third kappa shape index (κ3) is 4.64. The molecule has 0 fully saturated rings. The Labute approximate surface area is 94.0 Å². The van der Waals surface area contributed by atoms with E-state index in [0.717, 1.165) is 29.2 Å². The number of benzene rings is 1. The molecule has 1 aromatic carbocycles. The Bertz CT molecular complexity index is 307. The molecule has 0 bridgehead atoms. The van der Waals surface area contributed by atoms with Crippen molar-refractivity contribution in [3.05, 3.63) is 35.1 Å². The van der Waals surface area contributed by atoms with E-state index in [4.69, 9.17) is 10.5 Å². The second-order valence-electron chi connectivity index (χ2n) is 3.22. The molecule has 2 N–H and O–H groups in total. The van der Waals surface area contributed by atoms with Crippen LogP contribution < -0.4 is 5.73 Å². The van der Waals surface area contributed by atoms with Crippen molar-refractivity contribution in [2.24, 2.45) is 5.73 Å². The lowest BCUT2D eigenvalue weighted by atomic mass is 10.1. The van der Waals surface area contributed by atoms with Gasteiger partial charge in [0.05, 0.1) is 6.61 Å². The van der Waals surface area contributed by atoms with E-state index in [-0.39, 0.29) is 5.82 Å². The minimum Gasteiger partial charge on any atom is -0.384 e. The first kappa shape index (κ1) is 12.5. The molecule has 0 aliphatic heterocycles. The Morgan fingerprint density at radius 1 is 1.33 bits per heavy atom. The quantitative estimate of drug-likeness (QED) is 0.759. The van der Waals surface area contributed by atoms with Gasteiger partial charge in [0, 0.05) is 25.2 Å². The van der Waals surface area contributed by atoms with E-state index in [2.05, 4.69) is 0 Å². The summed E-state index contributed by atoms with van der Waals surface area (Å²) < 4.78 is 18.0. The molecule has 0 aliphatic carbocycles. The van der Waals surface area contributed by atoms with Gasteiger partial charge in [-0.25, -0.2) is 4.39 Å². The van der Waals surface area contributed by atoms with Crippen molar-refractivity contribution in [1.29, 1.82) is 0 Å². The van der Waals surface area contributed by atoms with Crippen LogP contribution in [0.4, 0.5) is 4.39 Å². The van der Waals surface area contributed by atoms with Crippen molar-refractivity contribution >= 4 is 11.8 Å². The minimum absolute atomic E-state index is 0.208. The van der Waals surface area contributed by atoms with Gasteiger partial charge in [0.1, 0.15) is 5.82 Å². The van der Waals surface area contributed by atoms with Gasteiger partial charge in [-0.1, -0.05) is 6.07 Å². The highest BCUT2D eigenvalue weighted by Gasteiger charge is 2.00. The second kappa shape index (κ2) is 6.82. The van der Waals surface area contributed by atoms with Crippen LogP contribution in [-0.4, -0.2) is 19.5 Å². The summed E-state index contributed by atoms with van der Waals surface area (Å²) in [7, 11) is 1.68. The van der Waals surface area contributed by atoms with Gasteiger partial charge in [0.15, 0.2) is 0 Å². The Hall–Kier alpha value is -0.580. The van der Waals surface area contributed by atoms with Crippen molar-refractivity contribution in [2.45, 2.75) is 12.3 Å². The number of rotatable bonds is 6. The number of halogens is 1. The van der Waals surface area contributed by atoms with Gasteiger partial charge in [-0.3, -0.25) is 0 Å². The Kier molecular flexibility index (Phi) is 5.68. The lowest BCUT2D eigenvalue weighted by Crippen LogP contribution is -1.99. The highest BCUT2D eigenvalue weighted by Crippen LogP contribution is 2.15. The molecule has 0 spiro atoms. The normalized spacial score (nSPS) is 10.6. The standard InChI is InChI=1S/C11H16FNOS/c1-14-2-3-15-8-10-4-9(7-13)5-11(12)6-10/h4-6H,2-3,7-8,13H2,1H3. The van der Waals surface area contributed by atoms with Crippen molar-refractivity contribution in [3.63, 3.8) is 0 Å². The smallest absolute Gasteiger partial charge is 0.123 e. The molecule has 0 unspecified atom stereocenters. The zero-order chi connectivity index (χ0) is 11.1. The van der Waals surface area contributed by atoms with Gasteiger partial charge in [-0.05, 0) is 23.3 Å². The lowest BCUT2D eigenvalue weighted by molar-refractivity contribution is 0.218. The summed E-state index contributed by atoms with van der Waals surface area (Å²) >= 11 is 1.73. The maximum absolute atomic E-state index is 13.1. The molecular weight excluding hydrogens is 213 g/mol. The third-order valence-corrected chi connectivity index (χ3v) is 2.95. The van der Waals surface area contributed by atoms with E-state index >= 15 is 0 Å². The molecule has 0 saturated heterocycles. The fourth-order valence-corrected chi connectivity index (χ4v) is 2.08. The number of thioether (sulfide) groups is 1. The summed E-state index contributed by atoms with van der Waals surface area (Å²) in [5.74, 6) is 1.51. The first-order chi connectivity index (χ1) is 7.26. The zero-order valence-corrected chi connectivity index (χ0v) is 9.65.